The second-order valence-electron chi connectivity index (χ2n) is 6.56. The molecule has 0 spiro atoms. The van der Waals surface area contributed by atoms with Crippen LogP contribution in [0.4, 0.5) is 0 Å². The summed E-state index contributed by atoms with van der Waals surface area (Å²) in [5.41, 5.74) is 3.40. The third kappa shape index (κ3) is 3.77. The van der Waals surface area contributed by atoms with Gasteiger partial charge in [-0.15, -0.1) is 0 Å². The number of allylic oxidation sites excluding steroid dienone is 1. The highest BCUT2D eigenvalue weighted by atomic mass is 16.2. The molecular formula is C22H19N3O2. The lowest BCUT2D eigenvalue weighted by atomic mass is 10.1. The summed E-state index contributed by atoms with van der Waals surface area (Å²) < 4.78 is 0. The molecule has 0 bridgehead atoms. The first-order valence-corrected chi connectivity index (χ1v) is 9.04. The van der Waals surface area contributed by atoms with Crippen LogP contribution in [0.15, 0.2) is 60.8 Å². The Morgan fingerprint density at radius 2 is 1.56 bits per heavy atom. The van der Waals surface area contributed by atoms with Crippen molar-refractivity contribution in [1.29, 1.82) is 0 Å². The molecule has 2 aromatic carbocycles. The van der Waals surface area contributed by atoms with Gasteiger partial charge in [0.05, 0.1) is 22.9 Å². The number of amides is 1. The van der Waals surface area contributed by atoms with Crippen molar-refractivity contribution < 1.29 is 9.59 Å². The average Bonchev–Trinajstić information content (AvgIpc) is 3.26. The third-order valence-corrected chi connectivity index (χ3v) is 4.68. The van der Waals surface area contributed by atoms with Crippen LogP contribution in [0.1, 0.15) is 39.3 Å². The largest absolute Gasteiger partial charge is 0.339 e. The van der Waals surface area contributed by atoms with Gasteiger partial charge in [-0.05, 0) is 49.3 Å². The lowest BCUT2D eigenvalue weighted by Gasteiger charge is -2.15. The molecule has 0 unspecified atom stereocenters. The molecule has 0 saturated carbocycles. The van der Waals surface area contributed by atoms with E-state index < -0.39 is 0 Å². The lowest BCUT2D eigenvalue weighted by molar-refractivity contribution is 0.0792. The van der Waals surface area contributed by atoms with Gasteiger partial charge in [-0.25, -0.2) is 4.98 Å². The van der Waals surface area contributed by atoms with Gasteiger partial charge in [-0.1, -0.05) is 24.3 Å². The number of nitrogens with zero attached hydrogens (tertiary/aromatic N) is 3. The molecule has 2 heterocycles. The van der Waals surface area contributed by atoms with Crippen molar-refractivity contribution in [2.75, 3.05) is 13.1 Å². The zero-order valence-corrected chi connectivity index (χ0v) is 14.8. The highest BCUT2D eigenvalue weighted by molar-refractivity contribution is 6.07. The molecule has 134 valence electrons. The minimum Gasteiger partial charge on any atom is -0.339 e. The fraction of sp³-hybridized carbons (Fsp3) is 0.182. The molecule has 0 N–H and O–H groups in total. The van der Waals surface area contributed by atoms with Gasteiger partial charge >= 0.3 is 0 Å². The molecule has 5 nitrogen and oxygen atoms in total. The molecule has 27 heavy (non-hydrogen) atoms. The maximum absolute atomic E-state index is 12.4. The molecule has 5 heteroatoms. The number of para-hydroxylation sites is 2. The van der Waals surface area contributed by atoms with E-state index in [1.54, 1.807) is 36.5 Å². The van der Waals surface area contributed by atoms with Crippen LogP contribution in [-0.2, 0) is 0 Å². The van der Waals surface area contributed by atoms with Gasteiger partial charge in [0.2, 0.25) is 0 Å². The summed E-state index contributed by atoms with van der Waals surface area (Å²) >= 11 is 0. The summed E-state index contributed by atoms with van der Waals surface area (Å²) in [6.45, 7) is 1.63. The Balaban J connectivity index is 1.47. The molecule has 4 rings (SSSR count). The number of ketones is 1. The fourth-order valence-electron chi connectivity index (χ4n) is 3.19. The van der Waals surface area contributed by atoms with E-state index in [4.69, 9.17) is 0 Å². The van der Waals surface area contributed by atoms with Gasteiger partial charge in [0.25, 0.3) is 5.91 Å². The summed E-state index contributed by atoms with van der Waals surface area (Å²) in [7, 11) is 0. The zero-order valence-electron chi connectivity index (χ0n) is 14.8. The number of aromatic nitrogens is 2. The Morgan fingerprint density at radius 3 is 2.30 bits per heavy atom. The Hall–Kier alpha value is -3.34. The molecule has 0 atom stereocenters. The molecule has 1 aliphatic rings. The van der Waals surface area contributed by atoms with E-state index in [9.17, 15) is 9.59 Å². The number of likely N-dealkylation sites (tertiary alicyclic amines) is 1. The predicted octanol–water partition coefficient (Wildman–Crippen LogP) is 3.76. The SMILES string of the molecule is O=C(C=Cc1cnc2ccccc2n1)c1ccc(C(=O)N2CCCC2)cc1. The Morgan fingerprint density at radius 1 is 0.889 bits per heavy atom. The second-order valence-corrected chi connectivity index (χ2v) is 6.56. The van der Waals surface area contributed by atoms with Crippen LogP contribution < -0.4 is 0 Å². The summed E-state index contributed by atoms with van der Waals surface area (Å²) in [6.07, 6.45) is 6.90. The summed E-state index contributed by atoms with van der Waals surface area (Å²) in [5, 5.41) is 0. The van der Waals surface area contributed by atoms with Crippen molar-refractivity contribution in [3.05, 3.63) is 77.6 Å². The van der Waals surface area contributed by atoms with Crippen LogP contribution in [0.5, 0.6) is 0 Å². The minimum atomic E-state index is -0.134. The van der Waals surface area contributed by atoms with Crippen LogP contribution in [0.3, 0.4) is 0 Å². The lowest BCUT2D eigenvalue weighted by Crippen LogP contribution is -2.27. The van der Waals surface area contributed by atoms with Crippen LogP contribution in [0, 0.1) is 0 Å². The number of hydrogen-bond acceptors (Lipinski definition) is 4. The Kier molecular flexibility index (Phi) is 4.75. The van der Waals surface area contributed by atoms with Crippen molar-refractivity contribution in [3.63, 3.8) is 0 Å². The van der Waals surface area contributed by atoms with E-state index in [0.717, 1.165) is 37.0 Å². The van der Waals surface area contributed by atoms with E-state index in [1.165, 1.54) is 6.08 Å². The van der Waals surface area contributed by atoms with E-state index in [-0.39, 0.29) is 11.7 Å². The second kappa shape index (κ2) is 7.50. The predicted molar refractivity (Wildman–Crippen MR) is 104 cm³/mol. The topological polar surface area (TPSA) is 63.2 Å². The van der Waals surface area contributed by atoms with Crippen molar-refractivity contribution in [1.82, 2.24) is 14.9 Å². The monoisotopic (exact) mass is 357 g/mol. The first-order chi connectivity index (χ1) is 13.2. The number of benzene rings is 2. The molecule has 1 fully saturated rings. The molecule has 3 aromatic rings. The highest BCUT2D eigenvalue weighted by Gasteiger charge is 2.19. The summed E-state index contributed by atoms with van der Waals surface area (Å²) in [5.74, 6) is -0.0985. The van der Waals surface area contributed by atoms with Crippen LogP contribution in [-0.4, -0.2) is 39.6 Å². The van der Waals surface area contributed by atoms with Crippen LogP contribution in [0.25, 0.3) is 17.1 Å². The van der Waals surface area contributed by atoms with Gasteiger partial charge < -0.3 is 4.90 Å². The normalized spacial score (nSPS) is 14.1. The van der Waals surface area contributed by atoms with E-state index in [0.29, 0.717) is 16.8 Å². The first kappa shape index (κ1) is 17.1. The number of carbonyl (C=O) groups is 2. The fourth-order valence-corrected chi connectivity index (χ4v) is 3.19. The first-order valence-electron chi connectivity index (χ1n) is 9.04. The minimum absolute atomic E-state index is 0.0356. The van der Waals surface area contributed by atoms with Crippen molar-refractivity contribution >= 4 is 28.8 Å². The molecule has 1 saturated heterocycles. The quantitative estimate of drug-likeness (QED) is 0.527. The number of carbonyl (C=O) groups excluding carboxylic acids is 2. The molecule has 1 aromatic heterocycles. The van der Waals surface area contributed by atoms with E-state index >= 15 is 0 Å². The van der Waals surface area contributed by atoms with Crippen molar-refractivity contribution in [3.8, 4) is 0 Å². The van der Waals surface area contributed by atoms with Crippen molar-refractivity contribution in [2.24, 2.45) is 0 Å². The zero-order chi connectivity index (χ0) is 18.6. The number of hydrogen-bond donors (Lipinski definition) is 0. The van der Waals surface area contributed by atoms with Gasteiger partial charge in [0.15, 0.2) is 5.78 Å². The highest BCUT2D eigenvalue weighted by Crippen LogP contribution is 2.14. The van der Waals surface area contributed by atoms with E-state index in [1.807, 2.05) is 29.2 Å². The molecule has 1 amide bonds. The number of fused-ring (bicyclic) bond motifs is 1. The van der Waals surface area contributed by atoms with Gasteiger partial charge in [0.1, 0.15) is 0 Å². The van der Waals surface area contributed by atoms with E-state index in [2.05, 4.69) is 9.97 Å². The Labute approximate surface area is 157 Å². The van der Waals surface area contributed by atoms with Crippen LogP contribution in [0.2, 0.25) is 0 Å². The summed E-state index contributed by atoms with van der Waals surface area (Å²) in [6, 6.07) is 14.4. The Bertz CT molecular complexity index is 1020. The molecule has 1 aliphatic heterocycles. The van der Waals surface area contributed by atoms with Crippen LogP contribution >= 0.6 is 0 Å². The number of rotatable bonds is 4. The van der Waals surface area contributed by atoms with Gasteiger partial charge in [0, 0.05) is 24.2 Å². The molecule has 0 radical (unpaired) electrons. The summed E-state index contributed by atoms with van der Waals surface area (Å²) in [4.78, 5) is 35.4. The smallest absolute Gasteiger partial charge is 0.253 e. The molecular weight excluding hydrogens is 338 g/mol. The standard InChI is InChI=1S/C22H19N3O2/c26-21(12-11-18-15-23-19-5-1-2-6-20(19)24-18)16-7-9-17(10-8-16)22(27)25-13-3-4-14-25/h1-2,5-12,15H,3-4,13-14H2. The molecule has 0 aliphatic carbocycles. The van der Waals surface area contributed by atoms with Gasteiger partial charge in [-0.2, -0.15) is 0 Å². The maximum atomic E-state index is 12.4. The van der Waals surface area contributed by atoms with Crippen molar-refractivity contribution in [2.45, 2.75) is 12.8 Å². The average molecular weight is 357 g/mol. The van der Waals surface area contributed by atoms with Gasteiger partial charge in [-0.3, -0.25) is 14.6 Å². The maximum Gasteiger partial charge on any atom is 0.253 e. The third-order valence-electron chi connectivity index (χ3n) is 4.68.